The average molecular weight is 1130 g/mol. The number of phosphoric acid groups is 1. The highest BCUT2D eigenvalue weighted by Crippen LogP contribution is 2.43. The summed E-state index contributed by atoms with van der Waals surface area (Å²) >= 11 is 0. The second-order valence-corrected chi connectivity index (χ2v) is 26.7. The number of amides is 1. The Hall–Kier alpha value is -1.28. The molecule has 0 fully saturated rings. The van der Waals surface area contributed by atoms with Crippen molar-refractivity contribution in [2.45, 2.75) is 366 Å². The molecule has 0 saturated carbocycles. The average Bonchev–Trinajstić information content (AvgIpc) is 3.42. The van der Waals surface area contributed by atoms with Crippen LogP contribution in [0.3, 0.4) is 0 Å². The predicted octanol–water partition coefficient (Wildman–Crippen LogP) is 22.1. The molecular weight excluding hydrogens is 996 g/mol. The molecule has 0 spiro atoms. The molecule has 0 heterocycles. The van der Waals surface area contributed by atoms with Crippen LogP contribution in [0, 0.1) is 0 Å². The molecule has 0 aliphatic carbocycles. The zero-order valence-electron chi connectivity index (χ0n) is 53.6. The van der Waals surface area contributed by atoms with E-state index < -0.39 is 20.0 Å². The van der Waals surface area contributed by atoms with Gasteiger partial charge in [0, 0.05) is 6.42 Å². The monoisotopic (exact) mass is 1130 g/mol. The molecule has 0 rings (SSSR count). The number of likely N-dealkylation sites (N-methyl/N-ethyl adjacent to an activating group) is 1. The lowest BCUT2D eigenvalue weighted by atomic mass is 10.0. The van der Waals surface area contributed by atoms with Crippen LogP contribution in [-0.2, 0) is 18.4 Å². The maximum Gasteiger partial charge on any atom is 0.472 e. The van der Waals surface area contributed by atoms with Crippen molar-refractivity contribution in [3.05, 3.63) is 36.5 Å². The fraction of sp³-hybridized carbons (Fsp3) is 0.900. The van der Waals surface area contributed by atoms with Gasteiger partial charge in [-0.25, -0.2) is 4.57 Å². The van der Waals surface area contributed by atoms with Crippen molar-refractivity contribution in [1.29, 1.82) is 0 Å². The first kappa shape index (κ1) is 77.7. The van der Waals surface area contributed by atoms with Crippen LogP contribution in [0.25, 0.3) is 0 Å². The molecular formula is C70H138N2O6P+. The Bertz CT molecular complexity index is 1380. The van der Waals surface area contributed by atoms with Crippen LogP contribution in [0.1, 0.15) is 354 Å². The second-order valence-electron chi connectivity index (χ2n) is 25.3. The number of hydrogen-bond donors (Lipinski definition) is 3. The molecule has 0 bridgehead atoms. The lowest BCUT2D eigenvalue weighted by Gasteiger charge is -2.25. The first-order valence-corrected chi connectivity index (χ1v) is 36.4. The molecule has 0 radical (unpaired) electrons. The van der Waals surface area contributed by atoms with Crippen molar-refractivity contribution in [3.63, 3.8) is 0 Å². The van der Waals surface area contributed by atoms with Gasteiger partial charge < -0.3 is 19.8 Å². The second kappa shape index (κ2) is 61.3. The lowest BCUT2D eigenvalue weighted by Crippen LogP contribution is -2.45. The van der Waals surface area contributed by atoms with Gasteiger partial charge in [-0.2, -0.15) is 0 Å². The van der Waals surface area contributed by atoms with Gasteiger partial charge in [-0.3, -0.25) is 13.8 Å². The summed E-state index contributed by atoms with van der Waals surface area (Å²) in [4.78, 5) is 23.4. The van der Waals surface area contributed by atoms with Gasteiger partial charge >= 0.3 is 7.82 Å². The molecule has 0 aliphatic rings. The Balaban J connectivity index is 4.09. The molecule has 79 heavy (non-hydrogen) atoms. The third-order valence-corrected chi connectivity index (χ3v) is 17.1. The van der Waals surface area contributed by atoms with Gasteiger partial charge in [-0.1, -0.05) is 326 Å². The minimum atomic E-state index is -4.36. The number of nitrogens with zero attached hydrogens (tertiary/aromatic N) is 1. The molecule has 3 N–H and O–H groups in total. The Labute approximate surface area is 493 Å². The van der Waals surface area contributed by atoms with Gasteiger partial charge in [-0.05, 0) is 57.8 Å². The highest BCUT2D eigenvalue weighted by molar-refractivity contribution is 7.47. The van der Waals surface area contributed by atoms with Gasteiger partial charge in [0.05, 0.1) is 39.9 Å². The summed E-state index contributed by atoms with van der Waals surface area (Å²) in [7, 11) is 1.57. The molecule has 3 atom stereocenters. The number of unbranched alkanes of at least 4 members (excludes halogenated alkanes) is 48. The van der Waals surface area contributed by atoms with Gasteiger partial charge in [0.1, 0.15) is 13.2 Å². The standard InChI is InChI=1S/C70H137N2O6P/c1-6-8-10-12-14-16-18-20-22-24-26-28-30-32-34-36-38-40-42-44-46-48-50-52-54-56-58-60-62-64-70(74)71-68(67-78-79(75,76)77-66-65-72(3,4)5)69(73)63-61-59-57-55-53-51-49-47-45-43-41-39-37-35-33-31-29-27-25-23-21-19-17-15-13-11-9-7-2/h24,26,53,55,61,63,68-69,73H,6-23,25,27-52,54,56-60,62,64-67H2,1-5H3,(H-,71,74,75,76)/p+1/b26-24-,55-53+,63-61+. The van der Waals surface area contributed by atoms with Crippen LogP contribution in [0.5, 0.6) is 0 Å². The van der Waals surface area contributed by atoms with Crippen LogP contribution < -0.4 is 5.32 Å². The number of allylic oxidation sites excluding steroid dienone is 5. The largest absolute Gasteiger partial charge is 0.472 e. The Kier molecular flexibility index (Phi) is 60.3. The van der Waals surface area contributed by atoms with Crippen molar-refractivity contribution in [1.82, 2.24) is 5.32 Å². The number of rotatable bonds is 65. The van der Waals surface area contributed by atoms with Crippen molar-refractivity contribution < 1.29 is 32.9 Å². The van der Waals surface area contributed by atoms with Gasteiger partial charge in [0.2, 0.25) is 5.91 Å². The predicted molar refractivity (Wildman–Crippen MR) is 346 cm³/mol. The van der Waals surface area contributed by atoms with Gasteiger partial charge in [-0.15, -0.1) is 0 Å². The van der Waals surface area contributed by atoms with Crippen LogP contribution in [0.2, 0.25) is 0 Å². The highest BCUT2D eigenvalue weighted by Gasteiger charge is 2.28. The number of nitrogens with one attached hydrogen (secondary N) is 1. The van der Waals surface area contributed by atoms with Gasteiger partial charge in [0.25, 0.3) is 0 Å². The summed E-state index contributed by atoms with van der Waals surface area (Å²) in [6.07, 6.45) is 81.6. The number of quaternary nitrogens is 1. The minimum Gasteiger partial charge on any atom is -0.387 e. The molecule has 1 amide bonds. The van der Waals surface area contributed by atoms with Crippen molar-refractivity contribution in [2.24, 2.45) is 0 Å². The van der Waals surface area contributed by atoms with E-state index in [0.717, 1.165) is 38.5 Å². The molecule has 0 aliphatic heterocycles. The third kappa shape index (κ3) is 64.1. The Morgan fingerprint density at radius 3 is 1.01 bits per heavy atom. The zero-order chi connectivity index (χ0) is 57.7. The smallest absolute Gasteiger partial charge is 0.387 e. The quantitative estimate of drug-likeness (QED) is 0.0243. The maximum absolute atomic E-state index is 13.0. The molecule has 0 aromatic rings. The van der Waals surface area contributed by atoms with E-state index in [2.05, 4.69) is 43.5 Å². The van der Waals surface area contributed by atoms with E-state index in [9.17, 15) is 19.4 Å². The van der Waals surface area contributed by atoms with Crippen molar-refractivity contribution in [2.75, 3.05) is 40.9 Å². The number of aliphatic hydroxyl groups is 1. The van der Waals surface area contributed by atoms with E-state index in [-0.39, 0.29) is 19.1 Å². The molecule has 0 saturated heterocycles. The summed E-state index contributed by atoms with van der Waals surface area (Å²) < 4.78 is 23.8. The highest BCUT2D eigenvalue weighted by atomic mass is 31.2. The lowest BCUT2D eigenvalue weighted by molar-refractivity contribution is -0.870. The van der Waals surface area contributed by atoms with Crippen molar-refractivity contribution >= 4 is 13.7 Å². The molecule has 0 aromatic heterocycles. The number of aliphatic hydroxyl groups excluding tert-OH is 1. The van der Waals surface area contributed by atoms with Crippen LogP contribution in [0.15, 0.2) is 36.5 Å². The molecule has 8 nitrogen and oxygen atoms in total. The fourth-order valence-electron chi connectivity index (χ4n) is 10.6. The first-order chi connectivity index (χ1) is 38.5. The number of carbonyl (C=O) groups is 1. The zero-order valence-corrected chi connectivity index (χ0v) is 54.5. The summed E-state index contributed by atoms with van der Waals surface area (Å²) in [6.45, 7) is 4.85. The van der Waals surface area contributed by atoms with E-state index in [0.29, 0.717) is 17.4 Å². The number of phosphoric ester groups is 1. The summed E-state index contributed by atoms with van der Waals surface area (Å²) in [5.41, 5.74) is 0. The Morgan fingerprint density at radius 2 is 0.696 bits per heavy atom. The minimum absolute atomic E-state index is 0.0579. The van der Waals surface area contributed by atoms with E-state index in [1.807, 2.05) is 27.2 Å². The fourth-order valence-corrected chi connectivity index (χ4v) is 11.4. The topological polar surface area (TPSA) is 105 Å². The van der Waals surface area contributed by atoms with Crippen LogP contribution in [0.4, 0.5) is 0 Å². The first-order valence-electron chi connectivity index (χ1n) is 34.9. The third-order valence-electron chi connectivity index (χ3n) is 16.1. The van der Waals surface area contributed by atoms with E-state index in [1.165, 1.54) is 295 Å². The van der Waals surface area contributed by atoms with Crippen LogP contribution >= 0.6 is 7.82 Å². The number of carbonyl (C=O) groups excluding carboxylic acids is 1. The Morgan fingerprint density at radius 1 is 0.418 bits per heavy atom. The SMILES string of the molecule is CCCCCCCCCC/C=C\CCCCCCCCCCCCCCCCCCCC(=O)NC(COP(=O)(O)OCC[N+](C)(C)C)C(O)/C=C/CC/C=C/CCCCCCCCCCCCCCCCCCCCCCCC. The maximum atomic E-state index is 13.0. The normalized spacial score (nSPS) is 13.9. The van der Waals surface area contributed by atoms with Gasteiger partial charge in [0.15, 0.2) is 0 Å². The molecule has 0 aromatic carbocycles. The van der Waals surface area contributed by atoms with E-state index in [4.69, 9.17) is 9.05 Å². The molecule has 468 valence electrons. The van der Waals surface area contributed by atoms with Crippen molar-refractivity contribution in [3.8, 4) is 0 Å². The summed E-state index contributed by atoms with van der Waals surface area (Å²) in [5.74, 6) is -0.180. The van der Waals surface area contributed by atoms with Crippen LogP contribution in [-0.4, -0.2) is 73.4 Å². The van der Waals surface area contributed by atoms with E-state index in [1.54, 1.807) is 6.08 Å². The number of hydrogen-bond acceptors (Lipinski definition) is 5. The molecule has 9 heteroatoms. The van der Waals surface area contributed by atoms with E-state index >= 15 is 0 Å². The summed E-state index contributed by atoms with van der Waals surface area (Å²) in [6, 6.07) is -0.864. The summed E-state index contributed by atoms with van der Waals surface area (Å²) in [5, 5.41) is 14.0. The molecule has 3 unspecified atom stereocenters.